The van der Waals surface area contributed by atoms with Gasteiger partial charge in [0.05, 0.1) is 33.7 Å². The van der Waals surface area contributed by atoms with Gasteiger partial charge >= 0.3 is 0 Å². The van der Waals surface area contributed by atoms with Crippen molar-refractivity contribution in [1.82, 2.24) is 4.98 Å². The van der Waals surface area contributed by atoms with E-state index in [0.29, 0.717) is 0 Å². The Hall–Kier alpha value is -2.56. The molecule has 1 atom stereocenters. The van der Waals surface area contributed by atoms with Crippen LogP contribution in [0.3, 0.4) is 0 Å². The molecule has 1 amide bonds. The van der Waals surface area contributed by atoms with Crippen LogP contribution >= 0.6 is 34.8 Å². The van der Waals surface area contributed by atoms with Crippen LogP contribution in [0, 0.1) is 0 Å². The number of hydrogen-bond acceptors (Lipinski definition) is 6. The number of hydrogen-bond donors (Lipinski definition) is 2. The Morgan fingerprint density at radius 2 is 1.82 bits per heavy atom. The second kappa shape index (κ2) is 9.36. The zero-order chi connectivity index (χ0) is 23.8. The van der Waals surface area contributed by atoms with Crippen LogP contribution in [-0.4, -0.2) is 43.7 Å². The second-order valence-corrected chi connectivity index (χ2v) is 10.1. The van der Waals surface area contributed by atoms with Crippen molar-refractivity contribution in [2.75, 3.05) is 22.8 Å². The van der Waals surface area contributed by atoms with E-state index in [1.807, 2.05) is 0 Å². The van der Waals surface area contributed by atoms with Crippen molar-refractivity contribution in [2.24, 2.45) is 0 Å². The number of anilines is 2. The zero-order valence-corrected chi connectivity index (χ0v) is 19.8. The molecule has 4 rings (SSSR count). The van der Waals surface area contributed by atoms with Crippen molar-refractivity contribution >= 4 is 62.4 Å². The van der Waals surface area contributed by atoms with Crippen LogP contribution in [0.4, 0.5) is 11.6 Å². The molecule has 2 heterocycles. The Balaban J connectivity index is 1.73. The van der Waals surface area contributed by atoms with E-state index >= 15 is 0 Å². The van der Waals surface area contributed by atoms with E-state index in [0.717, 1.165) is 4.31 Å². The number of amides is 1. The number of benzene rings is 2. The highest BCUT2D eigenvalue weighted by atomic mass is 35.5. The lowest BCUT2D eigenvalue weighted by molar-refractivity contribution is 0.102. The molecule has 33 heavy (non-hydrogen) atoms. The lowest BCUT2D eigenvalue weighted by atomic mass is 10.2. The molecular weight excluding hydrogens is 513 g/mol. The Kier molecular flexibility index (Phi) is 6.69. The molecule has 0 bridgehead atoms. The first-order valence-electron chi connectivity index (χ1n) is 9.53. The summed E-state index contributed by atoms with van der Waals surface area (Å²) in [6.07, 6.45) is -0.810. The van der Waals surface area contributed by atoms with E-state index in [4.69, 9.17) is 39.5 Å². The first-order chi connectivity index (χ1) is 15.7. The topological polar surface area (TPSA) is 109 Å². The number of ether oxygens (including phenoxy) is 1. The van der Waals surface area contributed by atoms with Crippen LogP contribution in [0.15, 0.2) is 59.5 Å². The summed E-state index contributed by atoms with van der Waals surface area (Å²) in [7, 11) is -4.11. The highest BCUT2D eigenvalue weighted by Gasteiger charge is 2.36. The van der Waals surface area contributed by atoms with Gasteiger partial charge in [-0.05, 0) is 42.5 Å². The number of aromatic nitrogens is 1. The van der Waals surface area contributed by atoms with E-state index in [2.05, 4.69) is 10.3 Å². The third-order valence-corrected chi connectivity index (χ3v) is 7.37. The highest BCUT2D eigenvalue weighted by molar-refractivity contribution is 7.92. The molecule has 3 aromatic rings. The minimum Gasteiger partial charge on any atom is -0.482 e. The normalized spacial score (nSPS) is 15.5. The quantitative estimate of drug-likeness (QED) is 0.513. The number of aliphatic hydroxyl groups is 1. The van der Waals surface area contributed by atoms with Gasteiger partial charge in [0.25, 0.3) is 15.9 Å². The third-order valence-electron chi connectivity index (χ3n) is 4.76. The SMILES string of the molecule is O=C(Nc1ccc2c(n1)N(S(=O)(=O)c1cccc(Cl)c1)C[C@H](CO)O2)c1c(Cl)cccc1Cl. The maximum atomic E-state index is 13.4. The molecule has 8 nitrogen and oxygen atoms in total. The molecule has 0 radical (unpaired) electrons. The van der Waals surface area contributed by atoms with Crippen LogP contribution in [-0.2, 0) is 10.0 Å². The summed E-state index contributed by atoms with van der Waals surface area (Å²) < 4.78 is 33.4. The summed E-state index contributed by atoms with van der Waals surface area (Å²) >= 11 is 18.2. The highest BCUT2D eigenvalue weighted by Crippen LogP contribution is 2.37. The van der Waals surface area contributed by atoms with E-state index in [9.17, 15) is 18.3 Å². The predicted octanol–water partition coefficient (Wildman–Crippen LogP) is 4.24. The van der Waals surface area contributed by atoms with Gasteiger partial charge in [0.2, 0.25) is 0 Å². The minimum atomic E-state index is -4.11. The van der Waals surface area contributed by atoms with Gasteiger partial charge in [-0.25, -0.2) is 17.7 Å². The van der Waals surface area contributed by atoms with Gasteiger partial charge in [0.1, 0.15) is 11.9 Å². The van der Waals surface area contributed by atoms with Crippen LogP contribution in [0.25, 0.3) is 0 Å². The summed E-state index contributed by atoms with van der Waals surface area (Å²) in [4.78, 5) is 17.0. The average Bonchev–Trinajstić information content (AvgIpc) is 2.78. The zero-order valence-electron chi connectivity index (χ0n) is 16.7. The number of sulfonamides is 1. The lowest BCUT2D eigenvalue weighted by Crippen LogP contribution is -2.45. The fourth-order valence-electron chi connectivity index (χ4n) is 3.22. The summed E-state index contributed by atoms with van der Waals surface area (Å²) in [6, 6.07) is 13.3. The van der Waals surface area contributed by atoms with E-state index < -0.39 is 28.6 Å². The van der Waals surface area contributed by atoms with Gasteiger partial charge in [0.15, 0.2) is 11.6 Å². The largest absolute Gasteiger partial charge is 0.482 e. The Morgan fingerprint density at radius 1 is 1.12 bits per heavy atom. The number of rotatable bonds is 5. The van der Waals surface area contributed by atoms with E-state index in [-0.39, 0.29) is 49.5 Å². The molecule has 1 aliphatic rings. The number of nitrogens with zero attached hydrogens (tertiary/aromatic N) is 2. The van der Waals surface area contributed by atoms with Gasteiger partial charge in [-0.1, -0.05) is 46.9 Å². The number of carbonyl (C=O) groups is 1. The van der Waals surface area contributed by atoms with Crippen molar-refractivity contribution in [1.29, 1.82) is 0 Å². The predicted molar refractivity (Wildman–Crippen MR) is 126 cm³/mol. The number of carbonyl (C=O) groups excluding carboxylic acids is 1. The third kappa shape index (κ3) is 4.73. The van der Waals surface area contributed by atoms with Crippen LogP contribution < -0.4 is 14.4 Å². The van der Waals surface area contributed by atoms with Crippen molar-refractivity contribution in [3.05, 3.63) is 75.2 Å². The number of aliphatic hydroxyl groups excluding tert-OH is 1. The van der Waals surface area contributed by atoms with E-state index in [1.54, 1.807) is 12.1 Å². The maximum absolute atomic E-state index is 13.4. The fraction of sp³-hybridized carbons (Fsp3) is 0.143. The second-order valence-electron chi connectivity index (χ2n) is 6.98. The van der Waals surface area contributed by atoms with Gasteiger partial charge < -0.3 is 15.2 Å². The number of halogens is 3. The molecule has 0 unspecified atom stereocenters. The smallest absolute Gasteiger partial charge is 0.265 e. The van der Waals surface area contributed by atoms with Gasteiger partial charge in [-0.15, -0.1) is 0 Å². The molecule has 172 valence electrons. The summed E-state index contributed by atoms with van der Waals surface area (Å²) in [6.45, 7) is -0.608. The summed E-state index contributed by atoms with van der Waals surface area (Å²) in [5, 5.41) is 12.7. The van der Waals surface area contributed by atoms with Crippen LogP contribution in [0.5, 0.6) is 5.75 Å². The van der Waals surface area contributed by atoms with Gasteiger partial charge in [0, 0.05) is 5.02 Å². The molecule has 2 aromatic carbocycles. The van der Waals surface area contributed by atoms with Gasteiger partial charge in [-0.3, -0.25) is 4.79 Å². The summed E-state index contributed by atoms with van der Waals surface area (Å²) in [5.74, 6) is -0.498. The Morgan fingerprint density at radius 3 is 2.48 bits per heavy atom. The van der Waals surface area contributed by atoms with Crippen LogP contribution in [0.1, 0.15) is 10.4 Å². The van der Waals surface area contributed by atoms with Gasteiger partial charge in [-0.2, -0.15) is 0 Å². The monoisotopic (exact) mass is 527 g/mol. The average molecular weight is 529 g/mol. The standard InChI is InChI=1S/C21H16Cl3N3O5S/c22-12-3-1-4-14(9-12)33(30,31)27-10-13(11-28)32-17-7-8-18(25-20(17)27)26-21(29)19-15(23)5-2-6-16(19)24/h1-9,13,28H,10-11H2,(H,25,26,29)/t13-/m1/s1. The maximum Gasteiger partial charge on any atom is 0.265 e. The molecule has 0 fully saturated rings. The number of nitrogens with one attached hydrogen (secondary N) is 1. The lowest BCUT2D eigenvalue weighted by Gasteiger charge is -2.34. The van der Waals surface area contributed by atoms with Crippen molar-refractivity contribution < 1.29 is 23.1 Å². The molecule has 0 saturated carbocycles. The molecule has 2 N–H and O–H groups in total. The first kappa shape index (κ1) is 23.6. The Labute approximate surface area is 204 Å². The summed E-state index contributed by atoms with van der Waals surface area (Å²) in [5.41, 5.74) is 0.0559. The molecule has 0 saturated heterocycles. The molecule has 1 aliphatic heterocycles. The van der Waals surface area contributed by atoms with Crippen molar-refractivity contribution in [3.8, 4) is 5.75 Å². The minimum absolute atomic E-state index is 0.0482. The molecule has 0 aliphatic carbocycles. The van der Waals surface area contributed by atoms with Crippen molar-refractivity contribution in [3.63, 3.8) is 0 Å². The molecule has 0 spiro atoms. The molecule has 12 heteroatoms. The number of pyridine rings is 1. The number of fused-ring (bicyclic) bond motifs is 1. The fourth-order valence-corrected chi connectivity index (χ4v) is 5.55. The van der Waals surface area contributed by atoms with Crippen molar-refractivity contribution in [2.45, 2.75) is 11.0 Å². The van der Waals surface area contributed by atoms with E-state index in [1.165, 1.54) is 42.5 Å². The molecular formula is C21H16Cl3N3O5S. The Bertz CT molecular complexity index is 1320. The molecule has 1 aromatic heterocycles. The first-order valence-corrected chi connectivity index (χ1v) is 12.1. The van der Waals surface area contributed by atoms with Crippen LogP contribution in [0.2, 0.25) is 15.1 Å².